The van der Waals surface area contributed by atoms with Crippen LogP contribution in [0, 0.1) is 0 Å². The number of nitrogens with two attached hydrogens (primary N) is 3. The molecule has 0 aromatic heterocycles. The van der Waals surface area contributed by atoms with Crippen LogP contribution < -0.4 is 17.2 Å². The highest BCUT2D eigenvalue weighted by Crippen LogP contribution is 2.61. The molecule has 3 nitrogen and oxygen atoms in total. The molecule has 0 saturated carbocycles. The van der Waals surface area contributed by atoms with Crippen molar-refractivity contribution < 1.29 is 0 Å². The van der Waals surface area contributed by atoms with Crippen LogP contribution in [0.3, 0.4) is 0 Å². The third-order valence-corrected chi connectivity index (χ3v) is 5.19. The zero-order valence-electron chi connectivity index (χ0n) is 10.9. The van der Waals surface area contributed by atoms with E-state index in [1.807, 2.05) is 41.5 Å². The van der Waals surface area contributed by atoms with Gasteiger partial charge in [-0.3, -0.25) is 0 Å². The Bertz CT molecular complexity index is 149. The van der Waals surface area contributed by atoms with E-state index in [4.69, 9.17) is 17.2 Å². The van der Waals surface area contributed by atoms with E-state index < -0.39 is 7.92 Å². The van der Waals surface area contributed by atoms with Crippen LogP contribution in [0.4, 0.5) is 0 Å². The van der Waals surface area contributed by atoms with E-state index in [9.17, 15) is 0 Å². The van der Waals surface area contributed by atoms with Gasteiger partial charge in [-0.1, -0.05) is 0 Å². The standard InChI is InChI=1S/C9H24N3P.3ClH/c1-7(2,10)13(8(3,4)11)9(5,6)12;;;/h10-12H2,1-6H3;3*1H. The second kappa shape index (κ2) is 7.58. The maximum atomic E-state index is 6.12. The molecule has 0 aliphatic rings. The Hall–Kier alpha value is 1.18. The third kappa shape index (κ3) is 8.30. The summed E-state index contributed by atoms with van der Waals surface area (Å²) in [6.45, 7) is 12.0. The average Bonchev–Trinajstić information content (AvgIpc) is 1.44. The summed E-state index contributed by atoms with van der Waals surface area (Å²) in [4.78, 5) is 0. The van der Waals surface area contributed by atoms with E-state index in [2.05, 4.69) is 0 Å². The van der Waals surface area contributed by atoms with E-state index in [0.717, 1.165) is 0 Å². The van der Waals surface area contributed by atoms with E-state index in [-0.39, 0.29) is 53.1 Å². The van der Waals surface area contributed by atoms with Gasteiger partial charge in [-0.2, -0.15) is 0 Å². The molecule has 7 heteroatoms. The van der Waals surface area contributed by atoms with E-state index >= 15 is 0 Å². The number of hydrogen-bond acceptors (Lipinski definition) is 3. The third-order valence-electron chi connectivity index (χ3n) is 1.73. The van der Waals surface area contributed by atoms with Crippen LogP contribution in [-0.4, -0.2) is 15.8 Å². The fourth-order valence-electron chi connectivity index (χ4n) is 2.23. The lowest BCUT2D eigenvalue weighted by Gasteiger charge is -2.48. The molecule has 0 radical (unpaired) electrons. The summed E-state index contributed by atoms with van der Waals surface area (Å²) in [7, 11) is -0.650. The Morgan fingerprint density at radius 3 is 0.688 bits per heavy atom. The Morgan fingerprint density at radius 2 is 0.688 bits per heavy atom. The van der Waals surface area contributed by atoms with Crippen LogP contribution in [0.2, 0.25) is 0 Å². The van der Waals surface area contributed by atoms with Gasteiger partial charge in [-0.15, -0.1) is 37.2 Å². The highest BCUT2D eigenvalue weighted by molar-refractivity contribution is 7.62. The van der Waals surface area contributed by atoms with Crippen molar-refractivity contribution >= 4 is 45.1 Å². The second-order valence-electron chi connectivity index (χ2n) is 5.30. The molecule has 0 atom stereocenters. The second-order valence-corrected chi connectivity index (χ2v) is 9.43. The van der Waals surface area contributed by atoms with Crippen molar-refractivity contribution in [1.29, 1.82) is 0 Å². The van der Waals surface area contributed by atoms with Crippen LogP contribution in [0.5, 0.6) is 0 Å². The first-order valence-electron chi connectivity index (χ1n) is 4.54. The van der Waals surface area contributed by atoms with Gasteiger partial charge in [0.15, 0.2) is 0 Å². The van der Waals surface area contributed by atoms with Crippen molar-refractivity contribution in [3.63, 3.8) is 0 Å². The molecule has 0 spiro atoms. The minimum Gasteiger partial charge on any atom is -0.322 e. The molecule has 0 unspecified atom stereocenters. The minimum absolute atomic E-state index is 0. The largest absolute Gasteiger partial charge is 0.322 e. The van der Waals surface area contributed by atoms with Gasteiger partial charge < -0.3 is 17.2 Å². The smallest absolute Gasteiger partial charge is 0.0333 e. The predicted octanol–water partition coefficient (Wildman–Crippen LogP) is 2.82. The van der Waals surface area contributed by atoms with E-state index in [1.165, 1.54) is 0 Å². The molecule has 0 saturated heterocycles. The van der Waals surface area contributed by atoms with Gasteiger partial charge in [0.25, 0.3) is 0 Å². The Balaban J connectivity index is -0.000000240. The normalized spacial score (nSPS) is 12.4. The van der Waals surface area contributed by atoms with Gasteiger partial charge in [0.1, 0.15) is 0 Å². The maximum absolute atomic E-state index is 6.12. The van der Waals surface area contributed by atoms with Gasteiger partial charge in [0, 0.05) is 15.8 Å². The molecule has 0 aromatic rings. The van der Waals surface area contributed by atoms with Gasteiger partial charge >= 0.3 is 0 Å². The van der Waals surface area contributed by atoms with Gasteiger partial charge in [-0.25, -0.2) is 0 Å². The van der Waals surface area contributed by atoms with Crippen LogP contribution in [0.15, 0.2) is 0 Å². The number of hydrogen-bond donors (Lipinski definition) is 3. The molecule has 0 heterocycles. The maximum Gasteiger partial charge on any atom is 0.0333 e. The lowest BCUT2D eigenvalue weighted by molar-refractivity contribution is 0.604. The lowest BCUT2D eigenvalue weighted by Crippen LogP contribution is -2.51. The van der Waals surface area contributed by atoms with Gasteiger partial charge in [0.05, 0.1) is 0 Å². The zero-order chi connectivity index (χ0) is 11.1. The van der Waals surface area contributed by atoms with Crippen molar-refractivity contribution in [2.45, 2.75) is 57.4 Å². The summed E-state index contributed by atoms with van der Waals surface area (Å²) < 4.78 is 0. The van der Waals surface area contributed by atoms with Crippen molar-refractivity contribution in [3.8, 4) is 0 Å². The summed E-state index contributed by atoms with van der Waals surface area (Å²) in [5, 5.41) is -0.899. The molecule has 6 N–H and O–H groups in total. The van der Waals surface area contributed by atoms with E-state index in [1.54, 1.807) is 0 Å². The molecule has 0 amide bonds. The monoisotopic (exact) mass is 313 g/mol. The molecular formula is C9H27Cl3N3P. The topological polar surface area (TPSA) is 78.1 Å². The highest BCUT2D eigenvalue weighted by atomic mass is 35.5. The Kier molecular flexibility index (Phi) is 12.3. The number of rotatable bonds is 3. The van der Waals surface area contributed by atoms with Crippen molar-refractivity contribution in [3.05, 3.63) is 0 Å². The molecule has 0 aliphatic heterocycles. The Morgan fingerprint density at radius 1 is 0.562 bits per heavy atom. The summed E-state index contributed by atoms with van der Waals surface area (Å²) >= 11 is 0. The molecule has 0 rings (SSSR count). The van der Waals surface area contributed by atoms with Crippen LogP contribution in [-0.2, 0) is 0 Å². The molecule has 16 heavy (non-hydrogen) atoms. The van der Waals surface area contributed by atoms with Gasteiger partial charge in [-0.05, 0) is 49.5 Å². The minimum atomic E-state index is -0.650. The molecule has 104 valence electrons. The highest BCUT2D eigenvalue weighted by Gasteiger charge is 2.43. The van der Waals surface area contributed by atoms with Crippen molar-refractivity contribution in [2.24, 2.45) is 17.2 Å². The first-order chi connectivity index (χ1) is 5.37. The first kappa shape index (κ1) is 25.9. The predicted molar refractivity (Wildman–Crippen MR) is 83.5 cm³/mol. The van der Waals surface area contributed by atoms with Crippen LogP contribution in [0.25, 0.3) is 0 Å². The molecule has 0 bridgehead atoms. The van der Waals surface area contributed by atoms with E-state index in [0.29, 0.717) is 0 Å². The fraction of sp³-hybridized carbons (Fsp3) is 1.00. The quantitative estimate of drug-likeness (QED) is 0.701. The first-order valence-corrected chi connectivity index (χ1v) is 5.88. The molecule has 0 aromatic carbocycles. The lowest BCUT2D eigenvalue weighted by atomic mass is 10.4. The summed E-state index contributed by atoms with van der Waals surface area (Å²) in [5.74, 6) is 0. The van der Waals surface area contributed by atoms with Crippen LogP contribution in [0.1, 0.15) is 41.5 Å². The van der Waals surface area contributed by atoms with Crippen LogP contribution >= 0.6 is 45.1 Å². The summed E-state index contributed by atoms with van der Waals surface area (Å²) in [5.41, 5.74) is 18.4. The fourth-order valence-corrected chi connectivity index (χ4v) is 6.68. The Labute approximate surface area is 120 Å². The zero-order valence-corrected chi connectivity index (χ0v) is 14.2. The van der Waals surface area contributed by atoms with Crippen molar-refractivity contribution in [1.82, 2.24) is 0 Å². The number of halogens is 3. The summed E-state index contributed by atoms with van der Waals surface area (Å²) in [6, 6.07) is 0. The molecule has 0 fully saturated rings. The van der Waals surface area contributed by atoms with Crippen molar-refractivity contribution in [2.75, 3.05) is 0 Å². The molecular weight excluding hydrogens is 287 g/mol. The SMILES string of the molecule is CC(C)(N)P(C(C)(C)N)C(C)(C)N.Cl.Cl.Cl. The average molecular weight is 315 g/mol. The molecule has 0 aliphatic carbocycles. The van der Waals surface area contributed by atoms with Gasteiger partial charge in [0.2, 0.25) is 0 Å². The summed E-state index contributed by atoms with van der Waals surface area (Å²) in [6.07, 6.45) is 0.